The topological polar surface area (TPSA) is 55.8 Å². The Labute approximate surface area is 132 Å². The number of hydrogen-bond acceptors (Lipinski definition) is 4. The van der Waals surface area contributed by atoms with E-state index in [0.717, 1.165) is 11.1 Å². The van der Waals surface area contributed by atoms with Crippen molar-refractivity contribution < 1.29 is 19.4 Å². The molecule has 3 rings (SSSR count). The van der Waals surface area contributed by atoms with Crippen molar-refractivity contribution in [1.29, 1.82) is 0 Å². The van der Waals surface area contributed by atoms with Crippen LogP contribution in [0.4, 0.5) is 0 Å². The summed E-state index contributed by atoms with van der Waals surface area (Å²) in [6.45, 7) is 0. The molecule has 0 amide bonds. The van der Waals surface area contributed by atoms with Crippen LogP contribution in [0.2, 0.25) is 0 Å². The summed E-state index contributed by atoms with van der Waals surface area (Å²) in [6.07, 6.45) is 1.59. The molecule has 0 saturated carbocycles. The summed E-state index contributed by atoms with van der Waals surface area (Å²) < 4.78 is 11.5. The maximum atomic E-state index is 10.6. The van der Waals surface area contributed by atoms with Gasteiger partial charge >= 0.3 is 5.97 Å². The van der Waals surface area contributed by atoms with Gasteiger partial charge in [-0.05, 0) is 17.7 Å². The van der Waals surface area contributed by atoms with Crippen LogP contribution in [-0.2, 0) is 10.5 Å². The molecule has 2 aromatic rings. The lowest BCUT2D eigenvalue weighted by Crippen LogP contribution is -2.06. The molecule has 0 aliphatic carbocycles. The van der Waals surface area contributed by atoms with Crippen molar-refractivity contribution >= 4 is 23.5 Å². The molecule has 1 N–H and O–H groups in total. The third-order valence-electron chi connectivity index (χ3n) is 3.13. The Hall–Kier alpha value is -2.40. The summed E-state index contributed by atoms with van der Waals surface area (Å²) in [7, 11) is 0. The van der Waals surface area contributed by atoms with Crippen molar-refractivity contribution in [3.63, 3.8) is 0 Å². The van der Waals surface area contributed by atoms with Crippen molar-refractivity contribution in [3.05, 3.63) is 65.9 Å². The van der Waals surface area contributed by atoms with Crippen molar-refractivity contribution in [2.75, 3.05) is 5.75 Å². The highest BCUT2D eigenvalue weighted by Gasteiger charge is 2.17. The monoisotopic (exact) mass is 314 g/mol. The number of carboxylic acid groups (broad SMARTS) is 1. The lowest BCUT2D eigenvalue weighted by molar-refractivity contribution is -0.133. The van der Waals surface area contributed by atoms with Gasteiger partial charge in [-0.1, -0.05) is 36.4 Å². The summed E-state index contributed by atoms with van der Waals surface area (Å²) in [5.41, 5.74) is 1.93. The molecule has 112 valence electrons. The summed E-state index contributed by atoms with van der Waals surface area (Å²) in [5.74, 6) is 1.85. The standard InChI is InChI=1S/C17H14O4S/c18-17(19)11-22-10-12-5-1-2-6-13(12)16-9-20-14-7-3-4-8-15(14)21-16/h1-9H,10-11H2,(H,18,19). The first kappa shape index (κ1) is 14.5. The van der Waals surface area contributed by atoms with E-state index in [1.807, 2.05) is 48.5 Å². The SMILES string of the molecule is O=C(O)CSCc1ccccc1C1=COc2ccccc2O1. The predicted octanol–water partition coefficient (Wildman–Crippen LogP) is 3.77. The van der Waals surface area contributed by atoms with E-state index >= 15 is 0 Å². The second-order valence-electron chi connectivity index (χ2n) is 4.69. The number of carbonyl (C=O) groups is 1. The fourth-order valence-electron chi connectivity index (χ4n) is 2.14. The van der Waals surface area contributed by atoms with Crippen LogP contribution in [0.25, 0.3) is 5.76 Å². The van der Waals surface area contributed by atoms with Gasteiger partial charge in [0, 0.05) is 11.3 Å². The van der Waals surface area contributed by atoms with Crippen molar-refractivity contribution in [3.8, 4) is 11.5 Å². The minimum atomic E-state index is -0.812. The lowest BCUT2D eigenvalue weighted by atomic mass is 10.1. The summed E-state index contributed by atoms with van der Waals surface area (Å²) >= 11 is 1.36. The molecular formula is C17H14O4S. The zero-order chi connectivity index (χ0) is 15.4. The largest absolute Gasteiger partial charge is 0.481 e. The van der Waals surface area contributed by atoms with E-state index in [1.54, 1.807) is 6.26 Å². The highest BCUT2D eigenvalue weighted by Crippen LogP contribution is 2.36. The molecule has 0 aromatic heterocycles. The van der Waals surface area contributed by atoms with E-state index in [1.165, 1.54) is 11.8 Å². The van der Waals surface area contributed by atoms with Crippen molar-refractivity contribution in [1.82, 2.24) is 0 Å². The summed E-state index contributed by atoms with van der Waals surface area (Å²) in [6, 6.07) is 15.2. The number of thioether (sulfide) groups is 1. The minimum absolute atomic E-state index is 0.0770. The van der Waals surface area contributed by atoms with Gasteiger partial charge in [-0.15, -0.1) is 11.8 Å². The number of hydrogen-bond donors (Lipinski definition) is 1. The van der Waals surface area contributed by atoms with Gasteiger partial charge < -0.3 is 14.6 Å². The zero-order valence-corrected chi connectivity index (χ0v) is 12.5. The van der Waals surface area contributed by atoms with Crippen LogP contribution < -0.4 is 9.47 Å². The predicted molar refractivity (Wildman–Crippen MR) is 85.9 cm³/mol. The third-order valence-corrected chi connectivity index (χ3v) is 4.09. The summed E-state index contributed by atoms with van der Waals surface area (Å²) in [5, 5.41) is 8.74. The Balaban J connectivity index is 1.81. The number of ether oxygens (including phenoxy) is 2. The molecule has 0 unspecified atom stereocenters. The van der Waals surface area contributed by atoms with E-state index < -0.39 is 5.97 Å². The third kappa shape index (κ3) is 3.26. The van der Waals surface area contributed by atoms with Crippen LogP contribution in [0.1, 0.15) is 11.1 Å². The highest BCUT2D eigenvalue weighted by atomic mass is 32.2. The minimum Gasteiger partial charge on any atom is -0.481 e. The highest BCUT2D eigenvalue weighted by molar-refractivity contribution is 7.99. The average molecular weight is 314 g/mol. The molecule has 0 saturated heterocycles. The van der Waals surface area contributed by atoms with Gasteiger partial charge in [0.05, 0.1) is 5.75 Å². The molecule has 0 spiro atoms. The quantitative estimate of drug-likeness (QED) is 0.910. The first-order valence-corrected chi connectivity index (χ1v) is 7.91. The van der Waals surface area contributed by atoms with E-state index in [4.69, 9.17) is 14.6 Å². The van der Waals surface area contributed by atoms with Gasteiger partial charge in [0.15, 0.2) is 17.3 Å². The molecule has 0 radical (unpaired) electrons. The van der Waals surface area contributed by atoms with Gasteiger partial charge in [0.25, 0.3) is 0 Å². The van der Waals surface area contributed by atoms with Crippen LogP contribution >= 0.6 is 11.8 Å². The van der Waals surface area contributed by atoms with Crippen LogP contribution in [0.15, 0.2) is 54.8 Å². The molecule has 0 fully saturated rings. The Morgan fingerprint density at radius 2 is 1.77 bits per heavy atom. The maximum Gasteiger partial charge on any atom is 0.313 e. The first-order valence-electron chi connectivity index (χ1n) is 6.75. The second kappa shape index (κ2) is 6.58. The Morgan fingerprint density at radius 3 is 2.59 bits per heavy atom. The number of carboxylic acids is 1. The number of fused-ring (bicyclic) bond motifs is 1. The average Bonchev–Trinajstić information content (AvgIpc) is 2.54. The maximum absolute atomic E-state index is 10.6. The first-order chi connectivity index (χ1) is 10.7. The van der Waals surface area contributed by atoms with Gasteiger partial charge in [-0.2, -0.15) is 0 Å². The van der Waals surface area contributed by atoms with Gasteiger partial charge in [0.2, 0.25) is 0 Å². The Kier molecular flexibility index (Phi) is 4.34. The fraction of sp³-hybridized carbons (Fsp3) is 0.118. The van der Waals surface area contributed by atoms with Gasteiger partial charge in [0.1, 0.15) is 6.26 Å². The van der Waals surface area contributed by atoms with Crippen molar-refractivity contribution in [2.24, 2.45) is 0 Å². The molecular weight excluding hydrogens is 300 g/mol. The Bertz CT molecular complexity index is 724. The molecule has 5 heteroatoms. The van der Waals surface area contributed by atoms with Gasteiger partial charge in [-0.3, -0.25) is 4.79 Å². The van der Waals surface area contributed by atoms with Gasteiger partial charge in [-0.25, -0.2) is 0 Å². The number of rotatable bonds is 5. The van der Waals surface area contributed by atoms with E-state index in [-0.39, 0.29) is 5.75 Å². The number of aliphatic carboxylic acids is 1. The molecule has 0 atom stereocenters. The molecule has 0 bridgehead atoms. The smallest absolute Gasteiger partial charge is 0.313 e. The van der Waals surface area contributed by atoms with Crippen molar-refractivity contribution in [2.45, 2.75) is 5.75 Å². The van der Waals surface area contributed by atoms with E-state index in [9.17, 15) is 4.79 Å². The molecule has 1 heterocycles. The van der Waals surface area contributed by atoms with Crippen LogP contribution in [0, 0.1) is 0 Å². The zero-order valence-electron chi connectivity index (χ0n) is 11.7. The number of benzene rings is 2. The molecule has 1 aliphatic rings. The van der Waals surface area contributed by atoms with E-state index in [2.05, 4.69) is 0 Å². The van der Waals surface area contributed by atoms with Crippen LogP contribution in [0.3, 0.4) is 0 Å². The molecule has 2 aromatic carbocycles. The molecule has 4 nitrogen and oxygen atoms in total. The summed E-state index contributed by atoms with van der Waals surface area (Å²) in [4.78, 5) is 10.6. The Morgan fingerprint density at radius 1 is 1.05 bits per heavy atom. The number of para-hydroxylation sites is 2. The van der Waals surface area contributed by atoms with E-state index in [0.29, 0.717) is 23.0 Å². The van der Waals surface area contributed by atoms with Crippen LogP contribution in [-0.4, -0.2) is 16.8 Å². The molecule has 22 heavy (non-hydrogen) atoms. The fourth-order valence-corrected chi connectivity index (χ4v) is 2.89. The van der Waals surface area contributed by atoms with Crippen LogP contribution in [0.5, 0.6) is 11.5 Å². The molecule has 1 aliphatic heterocycles. The lowest BCUT2D eigenvalue weighted by Gasteiger charge is -2.19. The second-order valence-corrected chi connectivity index (χ2v) is 5.68. The normalized spacial score (nSPS) is 12.6.